The van der Waals surface area contributed by atoms with E-state index >= 15 is 0 Å². The van der Waals surface area contributed by atoms with Gasteiger partial charge in [-0.15, -0.1) is 10.2 Å². The van der Waals surface area contributed by atoms with E-state index in [0.29, 0.717) is 29.4 Å². The van der Waals surface area contributed by atoms with Crippen LogP contribution in [0.15, 0.2) is 52.2 Å². The van der Waals surface area contributed by atoms with E-state index in [1.807, 2.05) is 23.6 Å². The molecule has 1 saturated heterocycles. The number of benzene rings is 1. The van der Waals surface area contributed by atoms with Crippen molar-refractivity contribution < 1.29 is 14.0 Å². The summed E-state index contributed by atoms with van der Waals surface area (Å²) in [4.78, 5) is 26.7. The van der Waals surface area contributed by atoms with Crippen molar-refractivity contribution in [3.63, 3.8) is 0 Å². The van der Waals surface area contributed by atoms with Gasteiger partial charge in [-0.05, 0) is 55.7 Å². The smallest absolute Gasteiger partial charge is 0.228 e. The molecule has 1 aromatic carbocycles. The topological polar surface area (TPSA) is 93.3 Å². The van der Waals surface area contributed by atoms with E-state index < -0.39 is 0 Å². The number of carbonyl (C=O) groups excluding carboxylic acids is 2. The highest BCUT2D eigenvalue weighted by atomic mass is 32.2. The number of rotatable bonds is 10. The Bertz CT molecular complexity index is 1040. The number of ketones is 1. The molecule has 0 radical (unpaired) electrons. The van der Waals surface area contributed by atoms with Gasteiger partial charge in [0.1, 0.15) is 5.76 Å². The maximum atomic E-state index is 12.8. The number of carbonyl (C=O) groups is 2. The first-order chi connectivity index (χ1) is 15.6. The Morgan fingerprint density at radius 2 is 1.91 bits per heavy atom. The number of thioether (sulfide) groups is 1. The molecule has 2 aromatic heterocycles. The molecule has 0 saturated carbocycles. The Hall–Kier alpha value is -3.07. The Labute approximate surface area is 191 Å². The summed E-state index contributed by atoms with van der Waals surface area (Å²) in [5.74, 6) is 1.86. The summed E-state index contributed by atoms with van der Waals surface area (Å²) in [6, 6.07) is 10.8. The lowest BCUT2D eigenvalue weighted by molar-refractivity contribution is -0.116. The van der Waals surface area contributed by atoms with Crippen molar-refractivity contribution in [3.05, 3.63) is 54.0 Å². The van der Waals surface area contributed by atoms with Gasteiger partial charge < -0.3 is 14.6 Å². The second kappa shape index (κ2) is 10.5. The van der Waals surface area contributed by atoms with E-state index in [2.05, 4.69) is 20.4 Å². The van der Waals surface area contributed by atoms with Gasteiger partial charge in [0.25, 0.3) is 0 Å². The van der Waals surface area contributed by atoms with Gasteiger partial charge in [0.15, 0.2) is 10.9 Å². The highest BCUT2D eigenvalue weighted by Gasteiger charge is 2.22. The third-order valence-electron chi connectivity index (χ3n) is 5.28. The molecule has 0 atom stereocenters. The molecular formula is C23H27N5O3S. The molecule has 1 aliphatic rings. The van der Waals surface area contributed by atoms with Crippen molar-refractivity contribution in [2.24, 2.45) is 0 Å². The second-order valence-electron chi connectivity index (χ2n) is 7.73. The average Bonchev–Trinajstić information content (AvgIpc) is 3.56. The number of aromatic nitrogens is 3. The molecule has 4 rings (SSSR count). The van der Waals surface area contributed by atoms with Gasteiger partial charge in [0, 0.05) is 30.8 Å². The Morgan fingerprint density at radius 1 is 1.12 bits per heavy atom. The van der Waals surface area contributed by atoms with Crippen LogP contribution in [0.25, 0.3) is 0 Å². The van der Waals surface area contributed by atoms with Crippen LogP contribution >= 0.6 is 11.8 Å². The minimum Gasteiger partial charge on any atom is -0.467 e. The van der Waals surface area contributed by atoms with Gasteiger partial charge in [0.2, 0.25) is 11.9 Å². The third-order valence-corrected chi connectivity index (χ3v) is 6.25. The Kier molecular flexibility index (Phi) is 7.26. The van der Waals surface area contributed by atoms with E-state index in [9.17, 15) is 9.59 Å². The quantitative estimate of drug-likeness (QED) is 0.363. The summed E-state index contributed by atoms with van der Waals surface area (Å²) >= 11 is 1.37. The SMILES string of the molecule is CCCC(=O)Nc1ccc(C(=O)CSc2nnc(N3CCCC3)n2Cc2ccco2)cc1. The van der Waals surface area contributed by atoms with Crippen molar-refractivity contribution in [2.45, 2.75) is 44.3 Å². The Morgan fingerprint density at radius 3 is 2.59 bits per heavy atom. The number of nitrogens with one attached hydrogen (secondary N) is 1. The van der Waals surface area contributed by atoms with Crippen LogP contribution in [0.3, 0.4) is 0 Å². The molecular weight excluding hydrogens is 426 g/mol. The second-order valence-corrected chi connectivity index (χ2v) is 8.67. The van der Waals surface area contributed by atoms with Gasteiger partial charge in [-0.2, -0.15) is 0 Å². The summed E-state index contributed by atoms with van der Waals surface area (Å²) < 4.78 is 7.55. The minimum absolute atomic E-state index is 0.00305. The normalized spacial score (nSPS) is 13.5. The zero-order valence-corrected chi connectivity index (χ0v) is 18.9. The van der Waals surface area contributed by atoms with Crippen LogP contribution in [-0.2, 0) is 11.3 Å². The van der Waals surface area contributed by atoms with Crippen molar-refractivity contribution in [3.8, 4) is 0 Å². The molecule has 32 heavy (non-hydrogen) atoms. The predicted molar refractivity (Wildman–Crippen MR) is 124 cm³/mol. The largest absolute Gasteiger partial charge is 0.467 e. The number of nitrogens with zero attached hydrogens (tertiary/aromatic N) is 4. The summed E-state index contributed by atoms with van der Waals surface area (Å²) in [5, 5.41) is 12.3. The highest BCUT2D eigenvalue weighted by molar-refractivity contribution is 7.99. The maximum Gasteiger partial charge on any atom is 0.228 e. The van der Waals surface area contributed by atoms with Gasteiger partial charge in [-0.3, -0.25) is 14.2 Å². The molecule has 0 aliphatic carbocycles. The molecule has 0 bridgehead atoms. The van der Waals surface area contributed by atoms with E-state index in [1.54, 1.807) is 30.5 Å². The molecule has 8 nitrogen and oxygen atoms in total. The van der Waals surface area contributed by atoms with E-state index in [0.717, 1.165) is 44.1 Å². The molecule has 9 heteroatoms. The Balaban J connectivity index is 1.42. The molecule has 0 spiro atoms. The summed E-state index contributed by atoms with van der Waals surface area (Å²) in [6.45, 7) is 4.40. The molecule has 0 unspecified atom stereocenters. The fraction of sp³-hybridized carbons (Fsp3) is 0.391. The zero-order valence-electron chi connectivity index (χ0n) is 18.1. The lowest BCUT2D eigenvalue weighted by Gasteiger charge is -2.17. The zero-order chi connectivity index (χ0) is 22.3. The lowest BCUT2D eigenvalue weighted by Crippen LogP contribution is -2.22. The molecule has 1 amide bonds. The summed E-state index contributed by atoms with van der Waals surface area (Å²) in [6.07, 6.45) is 5.21. The van der Waals surface area contributed by atoms with Crippen molar-refractivity contribution in [1.29, 1.82) is 0 Å². The van der Waals surface area contributed by atoms with E-state index in [1.165, 1.54) is 11.8 Å². The number of anilines is 2. The van der Waals surface area contributed by atoms with E-state index in [4.69, 9.17) is 4.42 Å². The lowest BCUT2D eigenvalue weighted by atomic mass is 10.1. The van der Waals surface area contributed by atoms with Crippen LogP contribution in [0.2, 0.25) is 0 Å². The first kappa shape index (κ1) is 22.1. The number of hydrogen-bond acceptors (Lipinski definition) is 7. The summed E-state index contributed by atoms with van der Waals surface area (Å²) in [7, 11) is 0. The molecule has 3 heterocycles. The molecule has 1 aliphatic heterocycles. The van der Waals surface area contributed by atoms with Crippen LogP contribution < -0.4 is 10.2 Å². The van der Waals surface area contributed by atoms with Gasteiger partial charge in [0.05, 0.1) is 18.6 Å². The monoisotopic (exact) mass is 453 g/mol. The van der Waals surface area contributed by atoms with Crippen LogP contribution in [0.1, 0.15) is 48.7 Å². The fourth-order valence-corrected chi connectivity index (χ4v) is 4.47. The van der Waals surface area contributed by atoms with Crippen molar-refractivity contribution >= 4 is 35.1 Å². The first-order valence-electron chi connectivity index (χ1n) is 10.9. The maximum absolute atomic E-state index is 12.8. The predicted octanol–water partition coefficient (Wildman–Crippen LogP) is 4.23. The molecule has 168 valence electrons. The average molecular weight is 454 g/mol. The van der Waals surface area contributed by atoms with Gasteiger partial charge in [-0.1, -0.05) is 18.7 Å². The molecule has 1 N–H and O–H groups in total. The van der Waals surface area contributed by atoms with Crippen LogP contribution in [0.4, 0.5) is 11.6 Å². The third kappa shape index (κ3) is 5.40. The highest BCUT2D eigenvalue weighted by Crippen LogP contribution is 2.26. The fourth-order valence-electron chi connectivity index (χ4n) is 3.64. The van der Waals surface area contributed by atoms with Crippen molar-refractivity contribution in [2.75, 3.05) is 29.1 Å². The number of hydrogen-bond donors (Lipinski definition) is 1. The minimum atomic E-state index is -0.0215. The summed E-state index contributed by atoms with van der Waals surface area (Å²) in [5.41, 5.74) is 1.30. The van der Waals surface area contributed by atoms with E-state index in [-0.39, 0.29) is 17.4 Å². The van der Waals surface area contributed by atoms with Crippen LogP contribution in [-0.4, -0.2) is 45.3 Å². The van der Waals surface area contributed by atoms with Gasteiger partial charge >= 0.3 is 0 Å². The van der Waals surface area contributed by atoms with Crippen molar-refractivity contribution in [1.82, 2.24) is 14.8 Å². The molecule has 1 fully saturated rings. The standard InChI is InChI=1S/C23H27N5O3S/c1-2-6-21(30)24-18-10-8-17(9-11-18)20(29)16-32-23-26-25-22(27-12-3-4-13-27)28(23)15-19-7-5-14-31-19/h5,7-11,14H,2-4,6,12-13,15-16H2,1H3,(H,24,30). The number of Topliss-reactive ketones (excluding diaryl/α,β-unsaturated/α-hetero) is 1. The number of amides is 1. The van der Waals surface area contributed by atoms with Crippen LogP contribution in [0, 0.1) is 0 Å². The number of furan rings is 1. The first-order valence-corrected chi connectivity index (χ1v) is 11.9. The molecule has 3 aromatic rings. The van der Waals surface area contributed by atoms with Gasteiger partial charge in [-0.25, -0.2) is 0 Å². The van der Waals surface area contributed by atoms with Crippen LogP contribution in [0.5, 0.6) is 0 Å².